The molecule has 10 heteroatoms. The third-order valence-corrected chi connectivity index (χ3v) is 7.52. The summed E-state index contributed by atoms with van der Waals surface area (Å²) in [5.41, 5.74) is 0.846. The highest BCUT2D eigenvalue weighted by Gasteiger charge is 2.15. The van der Waals surface area contributed by atoms with Crippen molar-refractivity contribution in [2.45, 2.75) is 9.10 Å². The summed E-state index contributed by atoms with van der Waals surface area (Å²) in [6.45, 7) is 0. The number of hydrogen-bond donors (Lipinski definition) is 2. The largest absolute Gasteiger partial charge is 0.325 e. The molecule has 2 aromatic carbocycles. The molecule has 1 amide bonds. The van der Waals surface area contributed by atoms with E-state index in [1.165, 1.54) is 36.0 Å². The van der Waals surface area contributed by atoms with Crippen LogP contribution in [0.2, 0.25) is 5.02 Å². The number of thioether (sulfide) groups is 1. The molecule has 0 aliphatic heterocycles. The molecule has 0 spiro atoms. The minimum absolute atomic E-state index is 0.0638. The third kappa shape index (κ3) is 5.48. The zero-order chi connectivity index (χ0) is 20.1. The summed E-state index contributed by atoms with van der Waals surface area (Å²) in [4.78, 5) is 12.8. The van der Waals surface area contributed by atoms with E-state index in [0.29, 0.717) is 11.4 Å². The first kappa shape index (κ1) is 20.7. The molecule has 1 aromatic heterocycles. The number of anilines is 2. The highest BCUT2D eigenvalue weighted by Crippen LogP contribution is 2.24. The van der Waals surface area contributed by atoms with Crippen molar-refractivity contribution in [2.24, 2.45) is 0 Å². The number of nitrogens with one attached hydrogen (secondary N) is 2. The Balaban J connectivity index is 1.54. The summed E-state index contributed by atoms with van der Waals surface area (Å²) in [5, 5.41) is 4.27. The van der Waals surface area contributed by atoms with Crippen molar-refractivity contribution in [1.82, 2.24) is 0 Å². The normalized spacial score (nSPS) is 11.2. The van der Waals surface area contributed by atoms with Gasteiger partial charge >= 0.3 is 0 Å². The lowest BCUT2D eigenvalue weighted by molar-refractivity contribution is -0.113. The van der Waals surface area contributed by atoms with Crippen LogP contribution in [-0.2, 0) is 14.8 Å². The molecule has 146 valence electrons. The first-order valence-corrected chi connectivity index (χ1v) is 11.6. The molecule has 0 atom stereocenters. The monoisotopic (exact) mass is 456 g/mol. The number of carbonyl (C=O) groups is 1. The predicted octanol–water partition coefficient (Wildman–Crippen LogP) is 5.07. The van der Waals surface area contributed by atoms with Crippen LogP contribution < -0.4 is 10.0 Å². The molecular formula is C18H14ClFN2O3S3. The lowest BCUT2D eigenvalue weighted by Gasteiger charge is -2.08. The molecule has 28 heavy (non-hydrogen) atoms. The fourth-order valence-electron chi connectivity index (χ4n) is 2.16. The summed E-state index contributed by atoms with van der Waals surface area (Å²) in [7, 11) is -3.59. The van der Waals surface area contributed by atoms with Crippen LogP contribution in [0.3, 0.4) is 0 Å². The molecule has 5 nitrogen and oxygen atoms in total. The Morgan fingerprint density at radius 2 is 1.82 bits per heavy atom. The van der Waals surface area contributed by atoms with Gasteiger partial charge in [-0.15, -0.1) is 23.1 Å². The lowest BCUT2D eigenvalue weighted by Crippen LogP contribution is -2.14. The average Bonchev–Trinajstić information content (AvgIpc) is 3.20. The Morgan fingerprint density at radius 3 is 2.46 bits per heavy atom. The summed E-state index contributed by atoms with van der Waals surface area (Å²) < 4.78 is 40.3. The van der Waals surface area contributed by atoms with E-state index in [4.69, 9.17) is 11.6 Å². The first-order chi connectivity index (χ1) is 13.3. The van der Waals surface area contributed by atoms with E-state index in [2.05, 4.69) is 10.0 Å². The Labute approximate surface area is 175 Å². The van der Waals surface area contributed by atoms with E-state index in [1.807, 2.05) is 0 Å². The minimum Gasteiger partial charge on any atom is -0.325 e. The van der Waals surface area contributed by atoms with Crippen LogP contribution in [0.25, 0.3) is 0 Å². The molecule has 0 bridgehead atoms. The topological polar surface area (TPSA) is 75.3 Å². The molecule has 3 aromatic rings. The molecule has 2 N–H and O–H groups in total. The smallest absolute Gasteiger partial charge is 0.271 e. The van der Waals surface area contributed by atoms with E-state index in [0.717, 1.165) is 16.2 Å². The second-order valence-corrected chi connectivity index (χ2v) is 9.84. The van der Waals surface area contributed by atoms with Crippen LogP contribution in [0.5, 0.6) is 0 Å². The second kappa shape index (κ2) is 8.95. The maximum atomic E-state index is 13.1. The second-order valence-electron chi connectivity index (χ2n) is 5.53. The molecule has 0 fully saturated rings. The van der Waals surface area contributed by atoms with Gasteiger partial charge in [-0.1, -0.05) is 17.7 Å². The maximum absolute atomic E-state index is 13.1. The van der Waals surface area contributed by atoms with E-state index in [-0.39, 0.29) is 20.9 Å². The number of carbonyl (C=O) groups excluding carboxylic acids is 1. The quantitative estimate of drug-likeness (QED) is 0.486. The van der Waals surface area contributed by atoms with E-state index >= 15 is 0 Å². The van der Waals surface area contributed by atoms with Gasteiger partial charge in [0.25, 0.3) is 10.0 Å². The number of thiophene rings is 1. The number of amides is 1. The van der Waals surface area contributed by atoms with Crippen molar-refractivity contribution in [1.29, 1.82) is 0 Å². The van der Waals surface area contributed by atoms with Crippen LogP contribution in [0.15, 0.2) is 69.1 Å². The molecule has 0 radical (unpaired) electrons. The van der Waals surface area contributed by atoms with Crippen molar-refractivity contribution in [3.63, 3.8) is 0 Å². The van der Waals surface area contributed by atoms with Gasteiger partial charge in [0.1, 0.15) is 10.0 Å². The Morgan fingerprint density at radius 1 is 1.11 bits per heavy atom. The molecule has 0 saturated carbocycles. The Kier molecular flexibility index (Phi) is 6.61. The van der Waals surface area contributed by atoms with Gasteiger partial charge in [-0.3, -0.25) is 9.52 Å². The van der Waals surface area contributed by atoms with Gasteiger partial charge < -0.3 is 5.32 Å². The van der Waals surface area contributed by atoms with E-state index in [1.54, 1.807) is 35.7 Å². The van der Waals surface area contributed by atoms with Gasteiger partial charge in [0.2, 0.25) is 5.91 Å². The lowest BCUT2D eigenvalue weighted by atomic mass is 10.3. The number of hydrogen-bond acceptors (Lipinski definition) is 5. The summed E-state index contributed by atoms with van der Waals surface area (Å²) >= 11 is 8.11. The number of halogens is 2. The number of benzene rings is 2. The van der Waals surface area contributed by atoms with Gasteiger partial charge in [0.15, 0.2) is 0 Å². The van der Waals surface area contributed by atoms with Crippen molar-refractivity contribution in [2.75, 3.05) is 15.8 Å². The molecule has 1 heterocycles. The van der Waals surface area contributed by atoms with Crippen LogP contribution in [0.4, 0.5) is 15.8 Å². The van der Waals surface area contributed by atoms with Gasteiger partial charge in [-0.05, 0) is 53.9 Å². The number of sulfonamides is 1. The average molecular weight is 457 g/mol. The molecular weight excluding hydrogens is 443 g/mol. The molecule has 0 saturated heterocycles. The molecule has 3 rings (SSSR count). The molecule has 0 aliphatic rings. The van der Waals surface area contributed by atoms with Crippen molar-refractivity contribution >= 4 is 62.0 Å². The highest BCUT2D eigenvalue weighted by molar-refractivity contribution is 8.00. The SMILES string of the molecule is O=C(CSc1ccc(NS(=O)(=O)c2cccs2)cc1)Nc1ccc(F)c(Cl)c1. The van der Waals surface area contributed by atoms with Crippen LogP contribution in [-0.4, -0.2) is 20.1 Å². The van der Waals surface area contributed by atoms with Gasteiger partial charge in [0.05, 0.1) is 10.8 Å². The first-order valence-electron chi connectivity index (χ1n) is 7.87. The zero-order valence-corrected chi connectivity index (χ0v) is 17.4. The summed E-state index contributed by atoms with van der Waals surface area (Å²) in [6, 6.07) is 13.9. The van der Waals surface area contributed by atoms with Crippen molar-refractivity contribution < 1.29 is 17.6 Å². The molecule has 0 aliphatic carbocycles. The van der Waals surface area contributed by atoms with Crippen molar-refractivity contribution in [3.05, 3.63) is 70.8 Å². The molecule has 0 unspecified atom stereocenters. The Bertz CT molecular complexity index is 1070. The maximum Gasteiger partial charge on any atom is 0.271 e. The number of rotatable bonds is 7. The van der Waals surface area contributed by atoms with E-state index < -0.39 is 15.8 Å². The fraction of sp³-hybridized carbons (Fsp3) is 0.0556. The fourth-order valence-corrected chi connectivity index (χ4v) is 5.09. The van der Waals surface area contributed by atoms with E-state index in [9.17, 15) is 17.6 Å². The van der Waals surface area contributed by atoms with Gasteiger partial charge in [0, 0.05) is 16.3 Å². The van der Waals surface area contributed by atoms with Gasteiger partial charge in [-0.2, -0.15) is 0 Å². The minimum atomic E-state index is -3.59. The van der Waals surface area contributed by atoms with Crippen LogP contribution in [0, 0.1) is 5.82 Å². The standard InChI is InChI=1S/C18H14ClFN2O3S3/c19-15-10-13(5-8-16(15)20)21-17(23)11-27-14-6-3-12(4-7-14)22-28(24,25)18-2-1-9-26-18/h1-10,22H,11H2,(H,21,23). The van der Waals surface area contributed by atoms with Crippen LogP contribution >= 0.6 is 34.7 Å². The summed E-state index contributed by atoms with van der Waals surface area (Å²) in [6.07, 6.45) is 0. The highest BCUT2D eigenvalue weighted by atomic mass is 35.5. The van der Waals surface area contributed by atoms with Crippen LogP contribution in [0.1, 0.15) is 0 Å². The Hall–Kier alpha value is -2.07. The van der Waals surface area contributed by atoms with Gasteiger partial charge in [-0.25, -0.2) is 12.8 Å². The summed E-state index contributed by atoms with van der Waals surface area (Å²) in [5.74, 6) is -0.686. The zero-order valence-electron chi connectivity index (χ0n) is 14.2. The van der Waals surface area contributed by atoms with Crippen molar-refractivity contribution in [3.8, 4) is 0 Å². The predicted molar refractivity (Wildman–Crippen MR) is 112 cm³/mol. The third-order valence-electron chi connectivity index (χ3n) is 3.44.